The van der Waals surface area contributed by atoms with Crippen molar-refractivity contribution in [3.63, 3.8) is 0 Å². The van der Waals surface area contributed by atoms with Crippen LogP contribution in [0.4, 0.5) is 5.82 Å². The van der Waals surface area contributed by atoms with Gasteiger partial charge in [-0.3, -0.25) is 0 Å². The molecule has 0 spiro atoms. The van der Waals surface area contributed by atoms with E-state index in [1.165, 1.54) is 0 Å². The number of nitrogens with two attached hydrogens (primary N) is 1. The zero-order valence-electron chi connectivity index (χ0n) is 5.73. The summed E-state index contributed by atoms with van der Waals surface area (Å²) < 4.78 is 1.70. The molecule has 0 unspecified atom stereocenters. The minimum absolute atomic E-state index is 0.630. The molecule has 11 heavy (non-hydrogen) atoms. The minimum Gasteiger partial charge on any atom is -0.307 e. The fourth-order valence-electron chi connectivity index (χ4n) is 0.969. The van der Waals surface area contributed by atoms with E-state index in [4.69, 9.17) is 5.84 Å². The minimum atomic E-state index is 0.630. The maximum absolute atomic E-state index is 5.22. The molecule has 5 heteroatoms. The van der Waals surface area contributed by atoms with E-state index in [2.05, 4.69) is 15.5 Å². The molecule has 0 atom stereocenters. The Morgan fingerprint density at radius 2 is 2.36 bits per heavy atom. The average molecular weight is 149 g/mol. The van der Waals surface area contributed by atoms with Gasteiger partial charge in [-0.1, -0.05) is 0 Å². The maximum Gasteiger partial charge on any atom is 0.166 e. The Kier molecular flexibility index (Phi) is 1.23. The first-order valence-electron chi connectivity index (χ1n) is 3.17. The standard InChI is InChI=1S/C6H7N5/c7-10-6-5-1-2-9-11(5)4-3-8-6/h1-4H,7H2,(H,8,10). The average Bonchev–Trinajstić information content (AvgIpc) is 2.50. The van der Waals surface area contributed by atoms with Crippen LogP contribution in [0.2, 0.25) is 0 Å². The van der Waals surface area contributed by atoms with Crippen molar-refractivity contribution in [2.24, 2.45) is 5.84 Å². The van der Waals surface area contributed by atoms with Gasteiger partial charge >= 0.3 is 0 Å². The van der Waals surface area contributed by atoms with Crippen LogP contribution in [0.25, 0.3) is 5.52 Å². The Bertz CT molecular complexity index is 366. The molecule has 2 aromatic heterocycles. The Balaban J connectivity index is 2.79. The first-order valence-corrected chi connectivity index (χ1v) is 3.17. The van der Waals surface area contributed by atoms with Crippen LogP contribution in [0.15, 0.2) is 24.7 Å². The molecule has 0 aromatic carbocycles. The van der Waals surface area contributed by atoms with Gasteiger partial charge in [0.25, 0.3) is 0 Å². The highest BCUT2D eigenvalue weighted by Gasteiger charge is 1.98. The monoisotopic (exact) mass is 149 g/mol. The fourth-order valence-corrected chi connectivity index (χ4v) is 0.969. The molecule has 2 aromatic rings. The van der Waals surface area contributed by atoms with Crippen molar-refractivity contribution >= 4 is 11.3 Å². The summed E-state index contributed by atoms with van der Waals surface area (Å²) in [6.45, 7) is 0. The van der Waals surface area contributed by atoms with E-state index in [9.17, 15) is 0 Å². The van der Waals surface area contributed by atoms with Gasteiger partial charge in [0.05, 0.1) is 6.20 Å². The summed E-state index contributed by atoms with van der Waals surface area (Å²) in [4.78, 5) is 4.00. The lowest BCUT2D eigenvalue weighted by atomic mass is 10.5. The largest absolute Gasteiger partial charge is 0.307 e. The molecule has 0 amide bonds. The Morgan fingerprint density at radius 1 is 1.45 bits per heavy atom. The van der Waals surface area contributed by atoms with Gasteiger partial charge < -0.3 is 5.43 Å². The highest BCUT2D eigenvalue weighted by molar-refractivity contribution is 5.65. The molecule has 0 aliphatic carbocycles. The molecular formula is C6H7N5. The molecule has 0 aliphatic heterocycles. The molecule has 0 aliphatic rings. The lowest BCUT2D eigenvalue weighted by Gasteiger charge is -1.98. The summed E-state index contributed by atoms with van der Waals surface area (Å²) in [5.74, 6) is 5.85. The van der Waals surface area contributed by atoms with E-state index in [1.54, 1.807) is 23.1 Å². The molecule has 2 rings (SSSR count). The van der Waals surface area contributed by atoms with Crippen LogP contribution >= 0.6 is 0 Å². The van der Waals surface area contributed by atoms with Gasteiger partial charge in [-0.2, -0.15) is 5.10 Å². The van der Waals surface area contributed by atoms with Crippen LogP contribution in [-0.2, 0) is 0 Å². The van der Waals surface area contributed by atoms with Gasteiger partial charge in [0.2, 0.25) is 0 Å². The van der Waals surface area contributed by atoms with E-state index in [-0.39, 0.29) is 0 Å². The molecule has 0 radical (unpaired) electrons. The highest BCUT2D eigenvalue weighted by Crippen LogP contribution is 2.09. The molecule has 5 nitrogen and oxygen atoms in total. The second-order valence-electron chi connectivity index (χ2n) is 2.08. The zero-order valence-corrected chi connectivity index (χ0v) is 5.73. The number of nitrogen functional groups attached to an aromatic ring is 1. The predicted octanol–water partition coefficient (Wildman–Crippen LogP) is 0.0149. The molecule has 0 fully saturated rings. The summed E-state index contributed by atoms with van der Waals surface area (Å²) in [5, 5.41) is 4.01. The lowest BCUT2D eigenvalue weighted by molar-refractivity contribution is 0.945. The third kappa shape index (κ3) is 0.821. The van der Waals surface area contributed by atoms with Gasteiger partial charge in [-0.15, -0.1) is 0 Å². The summed E-state index contributed by atoms with van der Waals surface area (Å²) in [6, 6.07) is 1.84. The van der Waals surface area contributed by atoms with Crippen LogP contribution in [0.1, 0.15) is 0 Å². The van der Waals surface area contributed by atoms with Crippen LogP contribution in [-0.4, -0.2) is 14.6 Å². The molecule has 2 heterocycles. The Labute approximate surface area is 62.8 Å². The van der Waals surface area contributed by atoms with Crippen molar-refractivity contribution in [2.75, 3.05) is 5.43 Å². The van der Waals surface area contributed by atoms with Crippen molar-refractivity contribution in [3.05, 3.63) is 24.7 Å². The van der Waals surface area contributed by atoms with Crippen molar-refractivity contribution in [3.8, 4) is 0 Å². The molecule has 3 N–H and O–H groups in total. The smallest absolute Gasteiger partial charge is 0.166 e. The first kappa shape index (κ1) is 6.11. The SMILES string of the molecule is NNc1nccn2nccc12. The summed E-state index contributed by atoms with van der Waals surface area (Å²) >= 11 is 0. The van der Waals surface area contributed by atoms with E-state index >= 15 is 0 Å². The van der Waals surface area contributed by atoms with Gasteiger partial charge in [-0.05, 0) is 6.07 Å². The summed E-state index contributed by atoms with van der Waals surface area (Å²) in [6.07, 6.45) is 5.09. The highest BCUT2D eigenvalue weighted by atomic mass is 15.3. The third-order valence-electron chi connectivity index (χ3n) is 1.46. The number of aromatic nitrogens is 3. The molecule has 0 bridgehead atoms. The fraction of sp³-hybridized carbons (Fsp3) is 0. The van der Waals surface area contributed by atoms with Crippen molar-refractivity contribution in [1.82, 2.24) is 14.6 Å². The molecule has 0 saturated carbocycles. The lowest BCUT2D eigenvalue weighted by Crippen LogP contribution is -2.09. The van der Waals surface area contributed by atoms with E-state index < -0.39 is 0 Å². The topological polar surface area (TPSA) is 68.2 Å². The van der Waals surface area contributed by atoms with E-state index in [0.29, 0.717) is 5.82 Å². The van der Waals surface area contributed by atoms with Gasteiger partial charge in [0.15, 0.2) is 5.82 Å². The molecule has 0 saturated heterocycles. The number of anilines is 1. The van der Waals surface area contributed by atoms with Gasteiger partial charge in [0.1, 0.15) is 5.52 Å². The van der Waals surface area contributed by atoms with E-state index in [1.807, 2.05) is 6.07 Å². The number of rotatable bonds is 1. The Morgan fingerprint density at radius 3 is 3.18 bits per heavy atom. The Hall–Kier alpha value is -1.62. The number of hydrogen-bond donors (Lipinski definition) is 2. The van der Waals surface area contributed by atoms with Crippen LogP contribution < -0.4 is 11.3 Å². The van der Waals surface area contributed by atoms with Crippen LogP contribution in [0.5, 0.6) is 0 Å². The van der Waals surface area contributed by atoms with Crippen LogP contribution in [0, 0.1) is 0 Å². The molecule has 56 valence electrons. The van der Waals surface area contributed by atoms with Gasteiger partial charge in [0, 0.05) is 12.4 Å². The zero-order chi connectivity index (χ0) is 7.68. The van der Waals surface area contributed by atoms with Crippen LogP contribution in [0.3, 0.4) is 0 Å². The van der Waals surface area contributed by atoms with Crippen molar-refractivity contribution in [1.29, 1.82) is 0 Å². The second-order valence-corrected chi connectivity index (χ2v) is 2.08. The normalized spacial score (nSPS) is 10.3. The number of fused-ring (bicyclic) bond motifs is 1. The summed E-state index contributed by atoms with van der Waals surface area (Å²) in [5.41, 5.74) is 3.35. The third-order valence-corrected chi connectivity index (χ3v) is 1.46. The molecular weight excluding hydrogens is 142 g/mol. The van der Waals surface area contributed by atoms with Gasteiger partial charge in [-0.25, -0.2) is 15.3 Å². The second kappa shape index (κ2) is 2.21. The van der Waals surface area contributed by atoms with Crippen molar-refractivity contribution < 1.29 is 0 Å². The number of nitrogens with zero attached hydrogens (tertiary/aromatic N) is 3. The van der Waals surface area contributed by atoms with Crippen molar-refractivity contribution in [2.45, 2.75) is 0 Å². The number of nitrogens with one attached hydrogen (secondary N) is 1. The number of hydrazine groups is 1. The summed E-state index contributed by atoms with van der Waals surface area (Å²) in [7, 11) is 0. The number of hydrogen-bond acceptors (Lipinski definition) is 4. The first-order chi connectivity index (χ1) is 5.42. The maximum atomic E-state index is 5.22. The quantitative estimate of drug-likeness (QED) is 0.443. The predicted molar refractivity (Wildman–Crippen MR) is 40.8 cm³/mol. The van der Waals surface area contributed by atoms with E-state index in [0.717, 1.165) is 5.52 Å².